The van der Waals surface area contributed by atoms with Crippen LogP contribution < -0.4 is 0 Å². The number of amides is 2. The summed E-state index contributed by atoms with van der Waals surface area (Å²) in [5, 5.41) is 15.8. The third-order valence-corrected chi connectivity index (χ3v) is 7.56. The minimum Gasteiger partial charge on any atom is -0.452 e. The van der Waals surface area contributed by atoms with Crippen molar-refractivity contribution < 1.29 is 19.1 Å². The molecule has 0 spiro atoms. The highest BCUT2D eigenvalue weighted by molar-refractivity contribution is 6.32. The van der Waals surface area contributed by atoms with Crippen LogP contribution in [0.4, 0.5) is 4.79 Å². The number of carbonyl (C=O) groups is 3. The van der Waals surface area contributed by atoms with Crippen molar-refractivity contribution >= 4 is 41.0 Å². The number of ketones is 1. The Labute approximate surface area is 251 Å². The number of methoxy groups -OCH3 is 1. The molecule has 42 heavy (non-hydrogen) atoms. The molecule has 0 bridgehead atoms. The Hall–Kier alpha value is -4.29. The van der Waals surface area contributed by atoms with Crippen molar-refractivity contribution in [2.75, 3.05) is 21.2 Å². The smallest absolute Gasteiger partial charge is 0.428 e. The Morgan fingerprint density at radius 2 is 1.88 bits per heavy atom. The number of halogens is 2. The van der Waals surface area contributed by atoms with E-state index in [-0.39, 0.29) is 35.8 Å². The maximum absolute atomic E-state index is 13.9. The van der Waals surface area contributed by atoms with Gasteiger partial charge in [0.25, 0.3) is 5.91 Å². The minimum atomic E-state index is -0.734. The van der Waals surface area contributed by atoms with Gasteiger partial charge in [0.15, 0.2) is 11.6 Å². The van der Waals surface area contributed by atoms with E-state index in [1.54, 1.807) is 42.1 Å². The molecule has 0 unspecified atom stereocenters. The van der Waals surface area contributed by atoms with Crippen molar-refractivity contribution in [3.63, 3.8) is 0 Å². The van der Waals surface area contributed by atoms with Crippen molar-refractivity contribution in [3.05, 3.63) is 86.5 Å². The quantitative estimate of drug-likeness (QED) is 0.210. The number of hydrogen-bond donors (Lipinski definition) is 0. The first-order valence-electron chi connectivity index (χ1n) is 13.1. The average Bonchev–Trinajstić information content (AvgIpc) is 3.58. The lowest BCUT2D eigenvalue weighted by Gasteiger charge is -2.28. The van der Waals surface area contributed by atoms with Gasteiger partial charge in [0.1, 0.15) is 5.69 Å². The van der Waals surface area contributed by atoms with Gasteiger partial charge in [-0.2, -0.15) is 5.10 Å². The van der Waals surface area contributed by atoms with E-state index in [0.717, 1.165) is 28.6 Å². The number of ether oxygens (including phenoxy) is 1. The van der Waals surface area contributed by atoms with E-state index in [1.807, 2.05) is 6.20 Å². The van der Waals surface area contributed by atoms with Crippen LogP contribution in [0.1, 0.15) is 62.1 Å². The van der Waals surface area contributed by atoms with Crippen LogP contribution in [0.15, 0.2) is 42.7 Å². The molecule has 2 amide bonds. The largest absolute Gasteiger partial charge is 0.452 e. The second-order valence-electron chi connectivity index (χ2n) is 10.0. The molecule has 0 radical (unpaired) electrons. The number of carbonyl (C=O) groups excluding carboxylic acids is 3. The monoisotopic (exact) mass is 610 g/mol. The highest BCUT2D eigenvalue weighted by Crippen LogP contribution is 2.38. The van der Waals surface area contributed by atoms with Crippen molar-refractivity contribution in [1.82, 2.24) is 39.8 Å². The summed E-state index contributed by atoms with van der Waals surface area (Å²) in [4.78, 5) is 43.8. The van der Waals surface area contributed by atoms with Crippen LogP contribution in [-0.4, -0.2) is 78.8 Å². The SMILES string of the molecule is COC(=O)N(C)N(C)C(=O)c1cc(Cl)cc(C)c1CC(=O)c1cc(Cn2cc(C3CC3)nn2)nn1-c1ncccc1Cl. The summed E-state index contributed by atoms with van der Waals surface area (Å²) in [6.45, 7) is 2.04. The van der Waals surface area contributed by atoms with E-state index in [4.69, 9.17) is 27.9 Å². The maximum Gasteiger partial charge on any atom is 0.428 e. The number of aromatic nitrogens is 6. The normalized spacial score (nSPS) is 12.7. The number of Topliss-reactive ketones (excluding diaryl/α,β-unsaturated/α-hetero) is 1. The summed E-state index contributed by atoms with van der Waals surface area (Å²) in [7, 11) is 4.03. The summed E-state index contributed by atoms with van der Waals surface area (Å²) >= 11 is 12.8. The molecule has 1 aliphatic rings. The van der Waals surface area contributed by atoms with Crippen LogP contribution in [0.5, 0.6) is 0 Å². The third-order valence-electron chi connectivity index (χ3n) is 7.05. The summed E-state index contributed by atoms with van der Waals surface area (Å²) in [6, 6.07) is 8.15. The fraction of sp³-hybridized carbons (Fsp3) is 0.321. The number of pyridine rings is 1. The van der Waals surface area contributed by atoms with E-state index in [9.17, 15) is 14.4 Å². The molecule has 4 aromatic rings. The number of benzene rings is 1. The Balaban J connectivity index is 1.50. The molecule has 3 heterocycles. The van der Waals surface area contributed by atoms with Gasteiger partial charge in [-0.15, -0.1) is 5.10 Å². The van der Waals surface area contributed by atoms with Crippen LogP contribution in [0, 0.1) is 6.92 Å². The predicted octanol–water partition coefficient (Wildman–Crippen LogP) is 4.51. The van der Waals surface area contributed by atoms with Gasteiger partial charge in [-0.1, -0.05) is 28.4 Å². The lowest BCUT2D eigenvalue weighted by Crippen LogP contribution is -2.45. The molecular formula is C28H28Cl2N8O4. The molecular weight excluding hydrogens is 583 g/mol. The van der Waals surface area contributed by atoms with Crippen LogP contribution in [0.3, 0.4) is 0 Å². The van der Waals surface area contributed by atoms with Crippen molar-refractivity contribution in [2.45, 2.75) is 38.6 Å². The molecule has 5 rings (SSSR count). The molecule has 0 aliphatic heterocycles. The van der Waals surface area contributed by atoms with Crippen molar-refractivity contribution in [1.29, 1.82) is 0 Å². The molecule has 0 saturated heterocycles. The summed E-state index contributed by atoms with van der Waals surface area (Å²) in [5.41, 5.74) is 2.97. The van der Waals surface area contributed by atoms with Gasteiger partial charge in [0.2, 0.25) is 0 Å². The maximum atomic E-state index is 13.9. The zero-order chi connectivity index (χ0) is 30.1. The van der Waals surface area contributed by atoms with Crippen LogP contribution in [0.25, 0.3) is 5.82 Å². The van der Waals surface area contributed by atoms with Gasteiger partial charge in [-0.05, 0) is 61.2 Å². The average molecular weight is 611 g/mol. The zero-order valence-electron chi connectivity index (χ0n) is 23.4. The van der Waals surface area contributed by atoms with Gasteiger partial charge in [-0.3, -0.25) is 9.59 Å². The Morgan fingerprint density at radius 1 is 1.12 bits per heavy atom. The topological polar surface area (TPSA) is 128 Å². The Morgan fingerprint density at radius 3 is 2.57 bits per heavy atom. The van der Waals surface area contributed by atoms with E-state index < -0.39 is 12.0 Å². The number of nitrogens with zero attached hydrogens (tertiary/aromatic N) is 8. The van der Waals surface area contributed by atoms with Gasteiger partial charge < -0.3 is 4.74 Å². The number of rotatable bonds is 8. The first-order valence-corrected chi connectivity index (χ1v) is 13.8. The van der Waals surface area contributed by atoms with Crippen molar-refractivity contribution in [2.24, 2.45) is 0 Å². The number of hydrazine groups is 1. The van der Waals surface area contributed by atoms with E-state index in [1.165, 1.54) is 32.0 Å². The van der Waals surface area contributed by atoms with Crippen LogP contribution in [-0.2, 0) is 17.7 Å². The molecule has 1 saturated carbocycles. The van der Waals surface area contributed by atoms with Crippen LogP contribution in [0.2, 0.25) is 10.0 Å². The minimum absolute atomic E-state index is 0.162. The molecule has 0 N–H and O–H groups in total. The highest BCUT2D eigenvalue weighted by atomic mass is 35.5. The summed E-state index contributed by atoms with van der Waals surface area (Å²) < 4.78 is 7.81. The standard InChI is InChI=1S/C28H28Cl2N8O4/c1-16-10-18(29)11-21(27(40)35(2)36(3)28(41)42-4)20(16)13-25(39)24-12-19(14-37-15-23(32-34-37)17-7-8-17)33-38(24)26-22(30)6-5-9-31-26/h5-6,9-12,15,17H,7-8,13-14H2,1-4H3. The van der Waals surface area contributed by atoms with Gasteiger partial charge in [0, 0.05) is 49.4 Å². The molecule has 12 nitrogen and oxygen atoms in total. The molecule has 1 aliphatic carbocycles. The third kappa shape index (κ3) is 6.00. The lowest BCUT2D eigenvalue weighted by molar-refractivity contribution is 0.0192. The predicted molar refractivity (Wildman–Crippen MR) is 154 cm³/mol. The number of hydrogen-bond acceptors (Lipinski definition) is 8. The molecule has 1 fully saturated rings. The van der Waals surface area contributed by atoms with Gasteiger partial charge in [-0.25, -0.2) is 29.2 Å². The van der Waals surface area contributed by atoms with Crippen molar-refractivity contribution in [3.8, 4) is 5.82 Å². The Kier molecular flexibility index (Phi) is 8.28. The molecule has 0 atom stereocenters. The first kappa shape index (κ1) is 29.2. The second kappa shape index (κ2) is 11.9. The second-order valence-corrected chi connectivity index (χ2v) is 10.9. The van der Waals surface area contributed by atoms with E-state index >= 15 is 0 Å². The highest BCUT2D eigenvalue weighted by Gasteiger charge is 2.28. The Bertz CT molecular complexity index is 1680. The fourth-order valence-electron chi connectivity index (χ4n) is 4.54. The van der Waals surface area contributed by atoms with Gasteiger partial charge >= 0.3 is 6.09 Å². The number of aryl methyl sites for hydroxylation is 1. The fourth-order valence-corrected chi connectivity index (χ4v) is 5.01. The van der Waals surface area contributed by atoms with Crippen LogP contribution >= 0.6 is 23.2 Å². The molecule has 218 valence electrons. The zero-order valence-corrected chi connectivity index (χ0v) is 24.9. The molecule has 3 aromatic heterocycles. The molecule has 14 heteroatoms. The summed E-state index contributed by atoms with van der Waals surface area (Å²) in [5.74, 6) is -0.145. The summed E-state index contributed by atoms with van der Waals surface area (Å²) in [6.07, 6.45) is 4.76. The van der Waals surface area contributed by atoms with E-state index in [2.05, 4.69) is 20.4 Å². The first-order chi connectivity index (χ1) is 20.1. The van der Waals surface area contributed by atoms with Gasteiger partial charge in [0.05, 0.1) is 30.1 Å². The molecule has 1 aromatic carbocycles. The van der Waals surface area contributed by atoms with E-state index in [0.29, 0.717) is 32.8 Å². The lowest BCUT2D eigenvalue weighted by atomic mass is 9.95.